The predicted octanol–water partition coefficient (Wildman–Crippen LogP) is 6.66. The third-order valence-corrected chi connectivity index (χ3v) is 6.69. The van der Waals surface area contributed by atoms with Crippen molar-refractivity contribution in [3.63, 3.8) is 0 Å². The Labute approximate surface area is 226 Å². The number of aryl methyl sites for hydroxylation is 4. The Morgan fingerprint density at radius 2 is 1.66 bits per heavy atom. The van der Waals surface area contributed by atoms with Crippen LogP contribution < -0.4 is 14.8 Å². The van der Waals surface area contributed by atoms with Crippen LogP contribution in [0.5, 0.6) is 11.5 Å². The van der Waals surface area contributed by atoms with Crippen molar-refractivity contribution in [2.24, 2.45) is 0 Å². The topological polar surface area (TPSA) is 65.4 Å². The standard InChI is InChI=1S/C32H39N3O3/c1-24-21-25(2)23-26(22-24)38-20-12-11-19-35-29-15-8-7-14-28(29)34-31(35)17-5-4-10-18-33-32(36)27-13-6-9-16-30(27)37-3/h6-9,13-16,21-23H,4-5,10-12,17-20H2,1-3H3,(H,33,36). The average molecular weight is 514 g/mol. The van der Waals surface area contributed by atoms with Crippen LogP contribution in [-0.4, -0.2) is 35.7 Å². The second-order valence-corrected chi connectivity index (χ2v) is 9.81. The van der Waals surface area contributed by atoms with Crippen molar-refractivity contribution in [2.75, 3.05) is 20.3 Å². The number of hydrogen-bond acceptors (Lipinski definition) is 4. The fraction of sp³-hybridized carbons (Fsp3) is 0.375. The van der Waals surface area contributed by atoms with Crippen molar-refractivity contribution in [3.8, 4) is 11.5 Å². The predicted molar refractivity (Wildman–Crippen MR) is 153 cm³/mol. The molecule has 1 heterocycles. The Morgan fingerprint density at radius 1 is 0.895 bits per heavy atom. The van der Waals surface area contributed by atoms with Crippen LogP contribution in [0, 0.1) is 13.8 Å². The highest BCUT2D eigenvalue weighted by Crippen LogP contribution is 2.20. The van der Waals surface area contributed by atoms with E-state index in [1.165, 1.54) is 16.6 Å². The highest BCUT2D eigenvalue weighted by Gasteiger charge is 2.12. The Kier molecular flexibility index (Phi) is 9.79. The summed E-state index contributed by atoms with van der Waals surface area (Å²) in [6, 6.07) is 22.0. The number of rotatable bonds is 14. The first-order chi connectivity index (χ1) is 18.5. The van der Waals surface area contributed by atoms with Crippen LogP contribution in [0.2, 0.25) is 0 Å². The van der Waals surface area contributed by atoms with Crippen molar-refractivity contribution in [1.82, 2.24) is 14.9 Å². The van der Waals surface area contributed by atoms with E-state index >= 15 is 0 Å². The zero-order chi connectivity index (χ0) is 26.7. The number of unbranched alkanes of at least 4 members (excludes halogenated alkanes) is 3. The van der Waals surface area contributed by atoms with E-state index in [4.69, 9.17) is 14.5 Å². The summed E-state index contributed by atoms with van der Waals surface area (Å²) in [4.78, 5) is 17.4. The molecule has 0 aliphatic rings. The van der Waals surface area contributed by atoms with Crippen molar-refractivity contribution in [2.45, 2.75) is 58.9 Å². The fourth-order valence-corrected chi connectivity index (χ4v) is 4.86. The summed E-state index contributed by atoms with van der Waals surface area (Å²) in [7, 11) is 1.58. The van der Waals surface area contributed by atoms with Gasteiger partial charge in [0, 0.05) is 19.5 Å². The van der Waals surface area contributed by atoms with Gasteiger partial charge in [-0.05, 0) is 87.1 Å². The molecule has 0 spiro atoms. The summed E-state index contributed by atoms with van der Waals surface area (Å²) in [6.07, 6.45) is 5.94. The number of ether oxygens (including phenoxy) is 2. The molecule has 0 bridgehead atoms. The Hall–Kier alpha value is -3.80. The van der Waals surface area contributed by atoms with E-state index in [9.17, 15) is 4.79 Å². The maximum absolute atomic E-state index is 12.5. The molecule has 6 nitrogen and oxygen atoms in total. The largest absolute Gasteiger partial charge is 0.496 e. The molecular formula is C32H39N3O3. The van der Waals surface area contributed by atoms with Crippen LogP contribution in [0.4, 0.5) is 0 Å². The minimum absolute atomic E-state index is 0.0919. The summed E-state index contributed by atoms with van der Waals surface area (Å²) < 4.78 is 13.7. The number of benzene rings is 3. The first-order valence-electron chi connectivity index (χ1n) is 13.6. The van der Waals surface area contributed by atoms with E-state index < -0.39 is 0 Å². The minimum atomic E-state index is -0.0919. The third kappa shape index (κ3) is 7.37. The van der Waals surface area contributed by atoms with Gasteiger partial charge in [0.05, 0.1) is 30.3 Å². The Bertz CT molecular complexity index is 1320. The highest BCUT2D eigenvalue weighted by atomic mass is 16.5. The monoisotopic (exact) mass is 513 g/mol. The number of methoxy groups -OCH3 is 1. The van der Waals surface area contributed by atoms with Crippen LogP contribution in [0.3, 0.4) is 0 Å². The van der Waals surface area contributed by atoms with E-state index in [2.05, 4.69) is 60.1 Å². The smallest absolute Gasteiger partial charge is 0.255 e. The maximum Gasteiger partial charge on any atom is 0.255 e. The highest BCUT2D eigenvalue weighted by molar-refractivity contribution is 5.96. The van der Waals surface area contributed by atoms with Gasteiger partial charge < -0.3 is 19.4 Å². The molecule has 0 saturated carbocycles. The van der Waals surface area contributed by atoms with Gasteiger partial charge in [-0.15, -0.1) is 0 Å². The zero-order valence-electron chi connectivity index (χ0n) is 22.8. The molecule has 0 aliphatic heterocycles. The van der Waals surface area contributed by atoms with Crippen LogP contribution >= 0.6 is 0 Å². The Balaban J connectivity index is 1.23. The maximum atomic E-state index is 12.5. The molecule has 200 valence electrons. The molecule has 4 aromatic rings. The number of fused-ring (bicyclic) bond motifs is 1. The lowest BCUT2D eigenvalue weighted by molar-refractivity contribution is 0.0950. The fourth-order valence-electron chi connectivity index (χ4n) is 4.86. The molecule has 0 radical (unpaired) electrons. The Morgan fingerprint density at radius 3 is 2.47 bits per heavy atom. The molecule has 1 N–H and O–H groups in total. The van der Waals surface area contributed by atoms with Gasteiger partial charge in [0.25, 0.3) is 5.91 Å². The van der Waals surface area contributed by atoms with Gasteiger partial charge in [0.1, 0.15) is 17.3 Å². The number of para-hydroxylation sites is 3. The van der Waals surface area contributed by atoms with Gasteiger partial charge in [-0.25, -0.2) is 4.98 Å². The summed E-state index contributed by atoms with van der Waals surface area (Å²) in [6.45, 7) is 6.49. The van der Waals surface area contributed by atoms with E-state index in [-0.39, 0.29) is 5.91 Å². The van der Waals surface area contributed by atoms with E-state index in [1.54, 1.807) is 19.2 Å². The molecule has 0 fully saturated rings. The number of carbonyl (C=O) groups is 1. The molecule has 38 heavy (non-hydrogen) atoms. The number of aromatic nitrogens is 2. The molecule has 3 aromatic carbocycles. The van der Waals surface area contributed by atoms with Crippen LogP contribution in [-0.2, 0) is 13.0 Å². The molecule has 0 atom stereocenters. The molecule has 0 saturated heterocycles. The lowest BCUT2D eigenvalue weighted by Crippen LogP contribution is -2.24. The van der Waals surface area contributed by atoms with E-state index in [0.29, 0.717) is 24.5 Å². The number of amides is 1. The normalized spacial score (nSPS) is 11.0. The first-order valence-corrected chi connectivity index (χ1v) is 13.6. The summed E-state index contributed by atoms with van der Waals surface area (Å²) in [5.41, 5.74) is 5.28. The van der Waals surface area contributed by atoms with Crippen LogP contribution in [0.15, 0.2) is 66.7 Å². The third-order valence-electron chi connectivity index (χ3n) is 6.69. The lowest BCUT2D eigenvalue weighted by Gasteiger charge is -2.11. The van der Waals surface area contributed by atoms with E-state index in [0.717, 1.165) is 62.2 Å². The number of imidazole rings is 1. The van der Waals surface area contributed by atoms with Crippen LogP contribution in [0.1, 0.15) is 59.4 Å². The van der Waals surface area contributed by atoms with Crippen molar-refractivity contribution < 1.29 is 14.3 Å². The minimum Gasteiger partial charge on any atom is -0.496 e. The number of hydrogen-bond donors (Lipinski definition) is 1. The molecule has 1 aromatic heterocycles. The lowest BCUT2D eigenvalue weighted by atomic mass is 10.1. The van der Waals surface area contributed by atoms with Crippen molar-refractivity contribution in [3.05, 3.63) is 89.2 Å². The molecule has 0 unspecified atom stereocenters. The van der Waals surface area contributed by atoms with Gasteiger partial charge in [-0.3, -0.25) is 4.79 Å². The van der Waals surface area contributed by atoms with Crippen LogP contribution in [0.25, 0.3) is 11.0 Å². The second kappa shape index (κ2) is 13.7. The second-order valence-electron chi connectivity index (χ2n) is 9.81. The van der Waals surface area contributed by atoms with E-state index in [1.807, 2.05) is 18.2 Å². The molecule has 4 rings (SSSR count). The van der Waals surface area contributed by atoms with Gasteiger partial charge in [-0.1, -0.05) is 36.8 Å². The van der Waals surface area contributed by atoms with Crippen molar-refractivity contribution >= 4 is 16.9 Å². The van der Waals surface area contributed by atoms with Crippen molar-refractivity contribution in [1.29, 1.82) is 0 Å². The number of nitrogens with zero attached hydrogens (tertiary/aromatic N) is 2. The molecule has 1 amide bonds. The van der Waals surface area contributed by atoms with Gasteiger partial charge in [0.15, 0.2) is 0 Å². The molecule has 0 aliphatic carbocycles. The molecule has 6 heteroatoms. The molecular weight excluding hydrogens is 474 g/mol. The quantitative estimate of drug-likeness (QED) is 0.191. The van der Waals surface area contributed by atoms with Gasteiger partial charge >= 0.3 is 0 Å². The number of carbonyl (C=O) groups excluding carboxylic acids is 1. The summed E-state index contributed by atoms with van der Waals surface area (Å²) in [5, 5.41) is 3.01. The van der Waals surface area contributed by atoms with Gasteiger partial charge in [0.2, 0.25) is 0 Å². The average Bonchev–Trinajstić information content (AvgIpc) is 3.27. The van der Waals surface area contributed by atoms with Gasteiger partial charge in [-0.2, -0.15) is 0 Å². The first kappa shape index (κ1) is 27.2. The number of nitrogens with one attached hydrogen (secondary N) is 1. The zero-order valence-corrected chi connectivity index (χ0v) is 22.8. The SMILES string of the molecule is COc1ccccc1C(=O)NCCCCCc1nc2ccccc2n1CCCCOc1cc(C)cc(C)c1. The summed E-state index contributed by atoms with van der Waals surface area (Å²) in [5.74, 6) is 2.60. The summed E-state index contributed by atoms with van der Waals surface area (Å²) >= 11 is 0.